The maximum Gasteiger partial charge on any atom is 0.145 e. The van der Waals surface area contributed by atoms with Gasteiger partial charge in [-0.05, 0) is 37.6 Å². The molecule has 1 aromatic heterocycles. The third kappa shape index (κ3) is 2.63. The molecule has 20 heavy (non-hydrogen) atoms. The molecule has 5 heteroatoms. The largest absolute Gasteiger partial charge is 0.496 e. The highest BCUT2D eigenvalue weighted by Crippen LogP contribution is 2.35. The second-order valence-electron chi connectivity index (χ2n) is 4.75. The molecular formula is C15H20N2O3. The van der Waals surface area contributed by atoms with E-state index in [9.17, 15) is 0 Å². The minimum absolute atomic E-state index is 0.0496. The van der Waals surface area contributed by atoms with Crippen molar-refractivity contribution in [2.45, 2.75) is 19.9 Å². The number of pyridine rings is 1. The van der Waals surface area contributed by atoms with Gasteiger partial charge in [-0.3, -0.25) is 0 Å². The number of hydrogen-bond donors (Lipinski definition) is 2. The highest BCUT2D eigenvalue weighted by Gasteiger charge is 2.13. The Balaban J connectivity index is 2.62. The second kappa shape index (κ2) is 5.96. The topological polar surface area (TPSA) is 63.6 Å². The molecule has 1 heterocycles. The van der Waals surface area contributed by atoms with Gasteiger partial charge in [0.05, 0.1) is 20.8 Å². The first-order chi connectivity index (χ1) is 9.60. The number of hydrogen-bond acceptors (Lipinski definition) is 5. The van der Waals surface area contributed by atoms with Crippen LogP contribution in [-0.4, -0.2) is 37.0 Å². The van der Waals surface area contributed by atoms with Crippen molar-refractivity contribution in [3.63, 3.8) is 0 Å². The summed E-state index contributed by atoms with van der Waals surface area (Å²) >= 11 is 0. The normalized spacial score (nSPS) is 12.2. The van der Waals surface area contributed by atoms with Crippen molar-refractivity contribution < 1.29 is 14.6 Å². The van der Waals surface area contributed by atoms with E-state index in [-0.39, 0.29) is 12.6 Å². The van der Waals surface area contributed by atoms with Gasteiger partial charge in [0.25, 0.3) is 0 Å². The number of ether oxygens (including phenoxy) is 2. The van der Waals surface area contributed by atoms with Crippen LogP contribution in [0.4, 0.5) is 5.82 Å². The van der Waals surface area contributed by atoms with Crippen molar-refractivity contribution >= 4 is 16.7 Å². The van der Waals surface area contributed by atoms with E-state index < -0.39 is 0 Å². The Bertz CT molecular complexity index is 614. The number of rotatable bonds is 5. The minimum Gasteiger partial charge on any atom is -0.496 e. The molecule has 1 unspecified atom stereocenters. The van der Waals surface area contributed by atoms with Gasteiger partial charge in [0, 0.05) is 11.4 Å². The summed E-state index contributed by atoms with van der Waals surface area (Å²) in [5.41, 5.74) is 1.79. The summed E-state index contributed by atoms with van der Waals surface area (Å²) in [6, 6.07) is 5.60. The lowest BCUT2D eigenvalue weighted by atomic mass is 10.1. The summed E-state index contributed by atoms with van der Waals surface area (Å²) in [4.78, 5) is 4.58. The van der Waals surface area contributed by atoms with E-state index in [0.717, 1.165) is 22.2 Å². The zero-order valence-electron chi connectivity index (χ0n) is 12.2. The maximum absolute atomic E-state index is 9.13. The van der Waals surface area contributed by atoms with Crippen molar-refractivity contribution in [2.24, 2.45) is 0 Å². The van der Waals surface area contributed by atoms with Crippen molar-refractivity contribution in [3.05, 3.63) is 23.8 Å². The third-order valence-corrected chi connectivity index (χ3v) is 3.19. The first kappa shape index (κ1) is 14.4. The van der Waals surface area contributed by atoms with Crippen LogP contribution in [0.15, 0.2) is 18.2 Å². The fourth-order valence-electron chi connectivity index (χ4n) is 2.18. The number of nitrogens with one attached hydrogen (secondary N) is 1. The Morgan fingerprint density at radius 3 is 2.50 bits per heavy atom. The Labute approximate surface area is 118 Å². The zero-order valence-corrected chi connectivity index (χ0v) is 12.2. The molecule has 1 aromatic carbocycles. The third-order valence-electron chi connectivity index (χ3n) is 3.19. The van der Waals surface area contributed by atoms with Crippen molar-refractivity contribution in [2.75, 3.05) is 26.1 Å². The van der Waals surface area contributed by atoms with Crippen molar-refractivity contribution in [1.82, 2.24) is 4.98 Å². The Morgan fingerprint density at radius 1 is 1.25 bits per heavy atom. The zero-order chi connectivity index (χ0) is 14.7. The quantitative estimate of drug-likeness (QED) is 0.877. The molecule has 0 radical (unpaired) electrons. The lowest BCUT2D eigenvalue weighted by molar-refractivity contribution is 0.281. The van der Waals surface area contributed by atoms with Crippen molar-refractivity contribution in [3.8, 4) is 11.5 Å². The number of aryl methyl sites for hydroxylation is 1. The smallest absolute Gasteiger partial charge is 0.145 e. The van der Waals surface area contributed by atoms with E-state index in [1.807, 2.05) is 32.0 Å². The average molecular weight is 276 g/mol. The molecule has 2 N–H and O–H groups in total. The summed E-state index contributed by atoms with van der Waals surface area (Å²) in [7, 11) is 3.26. The average Bonchev–Trinajstić information content (AvgIpc) is 2.45. The van der Waals surface area contributed by atoms with E-state index in [1.165, 1.54) is 0 Å². The van der Waals surface area contributed by atoms with Gasteiger partial charge >= 0.3 is 0 Å². The summed E-state index contributed by atoms with van der Waals surface area (Å²) < 4.78 is 10.8. The van der Waals surface area contributed by atoms with Crippen LogP contribution in [0.25, 0.3) is 10.9 Å². The van der Waals surface area contributed by atoms with Gasteiger partial charge in [0.1, 0.15) is 22.8 Å². The predicted molar refractivity (Wildman–Crippen MR) is 79.8 cm³/mol. The molecule has 0 bridgehead atoms. The number of benzene rings is 1. The molecule has 0 amide bonds. The van der Waals surface area contributed by atoms with Gasteiger partial charge in [0.15, 0.2) is 0 Å². The number of aliphatic hydroxyl groups excluding tert-OH is 1. The highest BCUT2D eigenvalue weighted by atomic mass is 16.5. The Kier molecular flexibility index (Phi) is 4.29. The fraction of sp³-hybridized carbons (Fsp3) is 0.400. The standard InChI is InChI=1S/C15H20N2O3/c1-9-7-13(16-10(2)8-18)17-15-12(20-4)6-5-11(19-3)14(9)15/h5-7,10,18H,8H2,1-4H3,(H,16,17). The van der Waals surface area contributed by atoms with Crippen LogP contribution < -0.4 is 14.8 Å². The molecule has 0 aliphatic heterocycles. The first-order valence-corrected chi connectivity index (χ1v) is 6.50. The van der Waals surface area contributed by atoms with E-state index in [4.69, 9.17) is 14.6 Å². The molecule has 0 aliphatic rings. The summed E-state index contributed by atoms with van der Waals surface area (Å²) in [6.45, 7) is 3.94. The number of fused-ring (bicyclic) bond motifs is 1. The van der Waals surface area contributed by atoms with Crippen LogP contribution in [0, 0.1) is 6.92 Å². The first-order valence-electron chi connectivity index (χ1n) is 6.50. The monoisotopic (exact) mass is 276 g/mol. The van der Waals surface area contributed by atoms with Crippen LogP contribution in [0.3, 0.4) is 0 Å². The number of methoxy groups -OCH3 is 2. The molecule has 0 saturated carbocycles. The predicted octanol–water partition coefficient (Wildman–Crippen LogP) is 2.35. The molecule has 0 saturated heterocycles. The molecule has 108 valence electrons. The van der Waals surface area contributed by atoms with E-state index >= 15 is 0 Å². The molecule has 0 spiro atoms. The minimum atomic E-state index is -0.0593. The van der Waals surface area contributed by atoms with Gasteiger partial charge in [-0.15, -0.1) is 0 Å². The van der Waals surface area contributed by atoms with Crippen molar-refractivity contribution in [1.29, 1.82) is 0 Å². The number of aliphatic hydroxyl groups is 1. The van der Waals surface area contributed by atoms with E-state index in [0.29, 0.717) is 11.6 Å². The molecule has 0 aliphatic carbocycles. The van der Waals surface area contributed by atoms with Crippen LogP contribution >= 0.6 is 0 Å². The summed E-state index contributed by atoms with van der Waals surface area (Å²) in [5, 5.41) is 13.2. The SMILES string of the molecule is COc1ccc(OC)c2c(C)cc(NC(C)CO)nc12. The van der Waals surface area contributed by atoms with Crippen LogP contribution in [-0.2, 0) is 0 Å². The van der Waals surface area contributed by atoms with Gasteiger partial charge in [0.2, 0.25) is 0 Å². The summed E-state index contributed by atoms with van der Waals surface area (Å²) in [6.07, 6.45) is 0. The van der Waals surface area contributed by atoms with Crippen LogP contribution in [0.2, 0.25) is 0 Å². The molecule has 5 nitrogen and oxygen atoms in total. The second-order valence-corrected chi connectivity index (χ2v) is 4.75. The molecular weight excluding hydrogens is 256 g/mol. The van der Waals surface area contributed by atoms with Gasteiger partial charge < -0.3 is 19.9 Å². The van der Waals surface area contributed by atoms with E-state index in [2.05, 4.69) is 10.3 Å². The van der Waals surface area contributed by atoms with Crippen LogP contribution in [0.1, 0.15) is 12.5 Å². The highest BCUT2D eigenvalue weighted by molar-refractivity contribution is 5.94. The van der Waals surface area contributed by atoms with Gasteiger partial charge in [-0.25, -0.2) is 4.98 Å². The summed E-state index contributed by atoms with van der Waals surface area (Å²) in [5.74, 6) is 2.18. The number of anilines is 1. The number of nitrogens with zero attached hydrogens (tertiary/aromatic N) is 1. The van der Waals surface area contributed by atoms with Gasteiger partial charge in [-0.2, -0.15) is 0 Å². The van der Waals surface area contributed by atoms with Gasteiger partial charge in [-0.1, -0.05) is 0 Å². The lowest BCUT2D eigenvalue weighted by Crippen LogP contribution is -2.20. The molecule has 0 fully saturated rings. The maximum atomic E-state index is 9.13. The van der Waals surface area contributed by atoms with E-state index in [1.54, 1.807) is 14.2 Å². The number of aromatic nitrogens is 1. The Hall–Kier alpha value is -2.01. The molecule has 2 aromatic rings. The molecule has 2 rings (SSSR count). The fourth-order valence-corrected chi connectivity index (χ4v) is 2.18. The van der Waals surface area contributed by atoms with Crippen LogP contribution in [0.5, 0.6) is 11.5 Å². The lowest BCUT2D eigenvalue weighted by Gasteiger charge is -2.16. The molecule has 1 atom stereocenters. The Morgan fingerprint density at radius 2 is 1.90 bits per heavy atom.